The number of benzene rings is 1. The fourth-order valence-corrected chi connectivity index (χ4v) is 2.17. The molecule has 1 aliphatic rings. The predicted octanol–water partition coefficient (Wildman–Crippen LogP) is 1.34. The maximum absolute atomic E-state index is 13.6. The summed E-state index contributed by atoms with van der Waals surface area (Å²) in [5, 5.41) is 9.59. The number of hydrogen-bond donors (Lipinski definition) is 2. The highest BCUT2D eigenvalue weighted by molar-refractivity contribution is 5.97. The summed E-state index contributed by atoms with van der Waals surface area (Å²) < 4.78 is 13.6. The Morgan fingerprint density at radius 2 is 2.28 bits per heavy atom. The monoisotopic (exact) mass is 252 g/mol. The van der Waals surface area contributed by atoms with Gasteiger partial charge in [-0.15, -0.1) is 0 Å². The fraction of sp³-hybridized carbons (Fsp3) is 0.462. The molecule has 1 aliphatic heterocycles. The van der Waals surface area contributed by atoms with Crippen molar-refractivity contribution in [3.05, 3.63) is 29.6 Å². The number of rotatable bonds is 1. The van der Waals surface area contributed by atoms with Crippen molar-refractivity contribution in [1.82, 2.24) is 4.90 Å². The van der Waals surface area contributed by atoms with Gasteiger partial charge in [-0.25, -0.2) is 4.39 Å². The largest absolute Gasteiger partial charge is 0.507 e. The van der Waals surface area contributed by atoms with Gasteiger partial charge in [0, 0.05) is 19.1 Å². The summed E-state index contributed by atoms with van der Waals surface area (Å²) in [6, 6.07) is 3.74. The van der Waals surface area contributed by atoms with Gasteiger partial charge in [0.15, 0.2) is 0 Å². The predicted molar refractivity (Wildman–Crippen MR) is 65.7 cm³/mol. The molecule has 1 aromatic rings. The van der Waals surface area contributed by atoms with Crippen molar-refractivity contribution in [2.75, 3.05) is 13.1 Å². The molecule has 18 heavy (non-hydrogen) atoms. The van der Waals surface area contributed by atoms with Gasteiger partial charge in [-0.3, -0.25) is 4.79 Å². The van der Waals surface area contributed by atoms with E-state index < -0.39 is 11.7 Å². The molecule has 4 nitrogen and oxygen atoms in total. The minimum absolute atomic E-state index is 0.100. The molecule has 0 saturated carbocycles. The molecule has 1 aromatic carbocycles. The molecule has 3 N–H and O–H groups in total. The van der Waals surface area contributed by atoms with E-state index in [0.29, 0.717) is 19.0 Å². The van der Waals surface area contributed by atoms with E-state index in [4.69, 9.17) is 5.73 Å². The van der Waals surface area contributed by atoms with Gasteiger partial charge >= 0.3 is 0 Å². The standard InChI is InChI=1S/C13H17FN2O2/c1-8-5-6-16(7-10(8)15)13(18)12-9(14)3-2-4-11(12)17/h2-4,8,10,17H,5-7,15H2,1H3. The summed E-state index contributed by atoms with van der Waals surface area (Å²) in [7, 11) is 0. The highest BCUT2D eigenvalue weighted by Gasteiger charge is 2.29. The molecule has 2 atom stereocenters. The Balaban J connectivity index is 2.22. The summed E-state index contributed by atoms with van der Waals surface area (Å²) in [4.78, 5) is 13.7. The number of nitrogens with two attached hydrogens (primary N) is 1. The van der Waals surface area contributed by atoms with Crippen LogP contribution in [0.15, 0.2) is 18.2 Å². The molecule has 0 aliphatic carbocycles. The van der Waals surface area contributed by atoms with E-state index in [1.54, 1.807) is 0 Å². The summed E-state index contributed by atoms with van der Waals surface area (Å²) in [6.07, 6.45) is 0.794. The van der Waals surface area contributed by atoms with E-state index in [1.807, 2.05) is 6.92 Å². The van der Waals surface area contributed by atoms with Crippen molar-refractivity contribution in [2.24, 2.45) is 11.7 Å². The number of hydrogen-bond acceptors (Lipinski definition) is 3. The third kappa shape index (κ3) is 2.31. The number of aromatic hydroxyl groups is 1. The van der Waals surface area contributed by atoms with E-state index in [-0.39, 0.29) is 17.4 Å². The van der Waals surface area contributed by atoms with E-state index in [0.717, 1.165) is 6.42 Å². The number of amides is 1. The number of carbonyl (C=O) groups excluding carboxylic acids is 1. The zero-order valence-electron chi connectivity index (χ0n) is 10.3. The van der Waals surface area contributed by atoms with E-state index >= 15 is 0 Å². The lowest BCUT2D eigenvalue weighted by Gasteiger charge is -2.35. The van der Waals surface area contributed by atoms with Gasteiger partial charge in [0.05, 0.1) is 0 Å². The van der Waals surface area contributed by atoms with Crippen molar-refractivity contribution < 1.29 is 14.3 Å². The second-order valence-electron chi connectivity index (χ2n) is 4.81. The molecule has 5 heteroatoms. The molecule has 98 valence electrons. The molecular formula is C13H17FN2O2. The third-order valence-corrected chi connectivity index (χ3v) is 3.51. The molecule has 1 amide bonds. The van der Waals surface area contributed by atoms with Crippen LogP contribution in [0, 0.1) is 11.7 Å². The van der Waals surface area contributed by atoms with Crippen LogP contribution < -0.4 is 5.73 Å². The van der Waals surface area contributed by atoms with E-state index in [2.05, 4.69) is 0 Å². The Labute approximate surface area is 105 Å². The molecule has 0 radical (unpaired) electrons. The van der Waals surface area contributed by atoms with Crippen LogP contribution in [0.5, 0.6) is 5.75 Å². The second-order valence-corrected chi connectivity index (χ2v) is 4.81. The van der Waals surface area contributed by atoms with Crippen LogP contribution in [-0.2, 0) is 0 Å². The average Bonchev–Trinajstić information content (AvgIpc) is 2.32. The topological polar surface area (TPSA) is 66.6 Å². The third-order valence-electron chi connectivity index (χ3n) is 3.51. The first kappa shape index (κ1) is 12.8. The molecule has 1 heterocycles. The van der Waals surface area contributed by atoms with E-state index in [9.17, 15) is 14.3 Å². The van der Waals surface area contributed by atoms with E-state index in [1.165, 1.54) is 23.1 Å². The number of halogens is 1. The lowest BCUT2D eigenvalue weighted by Crippen LogP contribution is -2.49. The van der Waals surface area contributed by atoms with Gasteiger partial charge < -0.3 is 15.7 Å². The number of piperidine rings is 1. The van der Waals surface area contributed by atoms with Crippen LogP contribution >= 0.6 is 0 Å². The summed E-state index contributed by atoms with van der Waals surface area (Å²) >= 11 is 0. The first-order chi connectivity index (χ1) is 8.50. The van der Waals surface area contributed by atoms with Gasteiger partial charge in [-0.05, 0) is 24.5 Å². The lowest BCUT2D eigenvalue weighted by atomic mass is 9.94. The van der Waals surface area contributed by atoms with Crippen LogP contribution in [0.3, 0.4) is 0 Å². The zero-order valence-corrected chi connectivity index (χ0v) is 10.3. The molecule has 2 rings (SSSR count). The van der Waals surface area contributed by atoms with Crippen molar-refractivity contribution in [2.45, 2.75) is 19.4 Å². The minimum Gasteiger partial charge on any atom is -0.507 e. The number of carbonyl (C=O) groups is 1. The average molecular weight is 252 g/mol. The van der Waals surface area contributed by atoms with Gasteiger partial charge in [-0.1, -0.05) is 13.0 Å². The summed E-state index contributed by atoms with van der Waals surface area (Å²) in [5.74, 6) is -1.17. The van der Waals surface area contributed by atoms with Crippen LogP contribution in [0.25, 0.3) is 0 Å². The van der Waals surface area contributed by atoms with Crippen LogP contribution in [-0.4, -0.2) is 35.0 Å². The Morgan fingerprint density at radius 1 is 1.56 bits per heavy atom. The normalized spacial score (nSPS) is 24.1. The molecule has 1 saturated heterocycles. The maximum atomic E-state index is 13.6. The molecule has 0 bridgehead atoms. The SMILES string of the molecule is CC1CCN(C(=O)c2c(O)cccc2F)CC1N. The first-order valence-electron chi connectivity index (χ1n) is 6.03. The van der Waals surface area contributed by atoms with Gasteiger partial charge in [-0.2, -0.15) is 0 Å². The Bertz CT molecular complexity index is 444. The minimum atomic E-state index is -0.702. The van der Waals surface area contributed by atoms with Crippen molar-refractivity contribution in [3.63, 3.8) is 0 Å². The number of likely N-dealkylation sites (tertiary alicyclic amines) is 1. The number of nitrogens with zero attached hydrogens (tertiary/aromatic N) is 1. The van der Waals surface area contributed by atoms with Crippen molar-refractivity contribution >= 4 is 5.91 Å². The molecule has 0 aromatic heterocycles. The van der Waals surface area contributed by atoms with Crippen molar-refractivity contribution in [1.29, 1.82) is 0 Å². The molecule has 2 unspecified atom stereocenters. The summed E-state index contributed by atoms with van der Waals surface area (Å²) in [5.41, 5.74) is 5.65. The Hall–Kier alpha value is -1.62. The maximum Gasteiger partial charge on any atom is 0.260 e. The Morgan fingerprint density at radius 3 is 2.89 bits per heavy atom. The Kier molecular flexibility index (Phi) is 3.52. The smallest absolute Gasteiger partial charge is 0.260 e. The molecular weight excluding hydrogens is 235 g/mol. The van der Waals surface area contributed by atoms with Crippen LogP contribution in [0.2, 0.25) is 0 Å². The lowest BCUT2D eigenvalue weighted by molar-refractivity contribution is 0.0664. The van der Waals surface area contributed by atoms with Gasteiger partial charge in [0.1, 0.15) is 17.1 Å². The van der Waals surface area contributed by atoms with Gasteiger partial charge in [0.25, 0.3) is 5.91 Å². The van der Waals surface area contributed by atoms with Crippen LogP contribution in [0.1, 0.15) is 23.7 Å². The zero-order chi connectivity index (χ0) is 13.3. The van der Waals surface area contributed by atoms with Gasteiger partial charge in [0.2, 0.25) is 0 Å². The van der Waals surface area contributed by atoms with Crippen LogP contribution in [0.4, 0.5) is 4.39 Å². The number of phenolic OH excluding ortho intramolecular Hbond substituents is 1. The highest BCUT2D eigenvalue weighted by atomic mass is 19.1. The molecule has 1 fully saturated rings. The first-order valence-corrected chi connectivity index (χ1v) is 6.03. The number of phenols is 1. The molecule has 0 spiro atoms. The summed E-state index contributed by atoms with van der Waals surface area (Å²) in [6.45, 7) is 2.97. The second kappa shape index (κ2) is 4.94. The fourth-order valence-electron chi connectivity index (χ4n) is 2.17. The highest BCUT2D eigenvalue weighted by Crippen LogP contribution is 2.24. The quantitative estimate of drug-likeness (QED) is 0.792. The van der Waals surface area contributed by atoms with Crippen molar-refractivity contribution in [3.8, 4) is 5.75 Å².